The minimum atomic E-state index is 0.529. The van der Waals surface area contributed by atoms with Crippen molar-refractivity contribution in [1.29, 1.82) is 0 Å². The van der Waals surface area contributed by atoms with Crippen LogP contribution in [0.1, 0.15) is 25.0 Å². The van der Waals surface area contributed by atoms with E-state index in [1.165, 1.54) is 0 Å². The first-order valence-electron chi connectivity index (χ1n) is 4.31. The number of hydrogen-bond acceptors (Lipinski definition) is 3. The van der Waals surface area contributed by atoms with Crippen molar-refractivity contribution < 1.29 is 17.2 Å². The molecule has 0 aliphatic rings. The summed E-state index contributed by atoms with van der Waals surface area (Å²) in [6, 6.07) is 2.00. The number of nitrogen functional groups attached to an aromatic ring is 1. The summed E-state index contributed by atoms with van der Waals surface area (Å²) in [5, 5.41) is 0. The number of rotatable bonds is 2. The maximum atomic E-state index is 5.79. The van der Waals surface area contributed by atoms with Crippen LogP contribution in [0.15, 0.2) is 21.6 Å². The van der Waals surface area contributed by atoms with Crippen molar-refractivity contribution in [3.05, 3.63) is 29.0 Å². The fourth-order valence-electron chi connectivity index (χ4n) is 1.19. The molecule has 0 amide bonds. The minimum absolute atomic E-state index is 0.529. The summed E-state index contributed by atoms with van der Waals surface area (Å²) in [4.78, 5) is 4.11. The van der Waals surface area contributed by atoms with Crippen molar-refractivity contribution in [1.82, 2.24) is 4.98 Å². The average Bonchev–Trinajstić information content (AvgIpc) is 2.11. The van der Waals surface area contributed by atoms with Gasteiger partial charge in [-0.2, -0.15) is 0 Å². The Morgan fingerprint density at radius 3 is 2.64 bits per heavy atom. The molecule has 0 atom stereocenters. The van der Waals surface area contributed by atoms with Crippen molar-refractivity contribution in [2.75, 3.05) is 5.73 Å². The molecule has 0 unspecified atom stereocenters. The number of anilines is 1. The molecule has 0 saturated carbocycles. The zero-order chi connectivity index (χ0) is 10.7. The van der Waals surface area contributed by atoms with E-state index in [4.69, 9.17) is 5.73 Å². The van der Waals surface area contributed by atoms with E-state index in [2.05, 4.69) is 26.0 Å². The van der Waals surface area contributed by atoms with E-state index >= 15 is 0 Å². The van der Waals surface area contributed by atoms with Crippen LogP contribution in [0.5, 0.6) is 0 Å². The topological polar surface area (TPSA) is 51.3 Å². The van der Waals surface area contributed by atoms with Crippen molar-refractivity contribution in [2.45, 2.75) is 20.8 Å². The molecule has 0 fully saturated rings. The van der Waals surface area contributed by atoms with E-state index in [1.807, 2.05) is 26.8 Å². The predicted molar refractivity (Wildman–Crippen MR) is 54.1 cm³/mol. The Morgan fingerprint density at radius 2 is 2.14 bits per heavy atom. The van der Waals surface area contributed by atoms with E-state index in [0.717, 1.165) is 22.4 Å². The van der Waals surface area contributed by atoms with Crippen molar-refractivity contribution in [3.8, 4) is 0 Å². The second-order valence-electron chi connectivity index (χ2n) is 3.39. The van der Waals surface area contributed by atoms with Gasteiger partial charge in [-0.3, -0.25) is 0 Å². The monoisotopic (exact) mass is 226 g/mol. The van der Waals surface area contributed by atoms with Crippen molar-refractivity contribution in [3.63, 3.8) is 0 Å². The molecule has 0 aromatic carbocycles. The van der Waals surface area contributed by atoms with Gasteiger partial charge in [0, 0.05) is 0 Å². The van der Waals surface area contributed by atoms with Crippen molar-refractivity contribution >= 4 is 11.5 Å². The molecular formula is C10H13N3V. The average molecular weight is 226 g/mol. The molecule has 1 aromatic heterocycles. The summed E-state index contributed by atoms with van der Waals surface area (Å²) in [6.07, 6.45) is 1.76. The Morgan fingerprint density at radius 1 is 1.50 bits per heavy atom. The summed E-state index contributed by atoms with van der Waals surface area (Å²) >= 11 is 2.21. The summed E-state index contributed by atoms with van der Waals surface area (Å²) in [7, 11) is 0. The number of aromatic nitrogens is 1. The van der Waals surface area contributed by atoms with Gasteiger partial charge in [-0.05, 0) is 0 Å². The number of pyridine rings is 1. The van der Waals surface area contributed by atoms with Gasteiger partial charge in [0.2, 0.25) is 0 Å². The molecule has 0 aliphatic carbocycles. The third-order valence-electron chi connectivity index (χ3n) is 1.88. The van der Waals surface area contributed by atoms with Crippen molar-refractivity contribution in [2.24, 2.45) is 3.79 Å². The molecule has 0 saturated heterocycles. The number of hydrogen-bond donors (Lipinski definition) is 1. The van der Waals surface area contributed by atoms with E-state index in [9.17, 15) is 0 Å². The quantitative estimate of drug-likeness (QED) is 0.842. The summed E-state index contributed by atoms with van der Waals surface area (Å²) in [5.74, 6) is 0.529. The molecular weight excluding hydrogens is 213 g/mol. The molecule has 0 spiro atoms. The SMILES string of the molecule is CC(C)=C([N]=[V])c1cc(C)cnc1N. The summed E-state index contributed by atoms with van der Waals surface area (Å²) in [6.45, 7) is 6.01. The van der Waals surface area contributed by atoms with Gasteiger partial charge in [-0.1, -0.05) is 0 Å². The molecule has 3 nitrogen and oxygen atoms in total. The van der Waals surface area contributed by atoms with Gasteiger partial charge in [0.05, 0.1) is 0 Å². The van der Waals surface area contributed by atoms with Crippen LogP contribution in [0.25, 0.3) is 5.70 Å². The Hall–Kier alpha value is -0.926. The molecule has 0 aliphatic heterocycles. The van der Waals surface area contributed by atoms with Gasteiger partial charge in [0.1, 0.15) is 0 Å². The summed E-state index contributed by atoms with van der Waals surface area (Å²) in [5.41, 5.74) is 9.82. The van der Waals surface area contributed by atoms with Gasteiger partial charge < -0.3 is 0 Å². The molecule has 1 heterocycles. The van der Waals surface area contributed by atoms with Gasteiger partial charge in [-0.15, -0.1) is 0 Å². The third-order valence-corrected chi connectivity index (χ3v) is 2.20. The molecule has 4 heteroatoms. The van der Waals surface area contributed by atoms with Gasteiger partial charge in [0.15, 0.2) is 0 Å². The van der Waals surface area contributed by atoms with Gasteiger partial charge in [0.25, 0.3) is 0 Å². The number of nitrogens with two attached hydrogens (primary N) is 1. The number of nitrogens with zero attached hydrogens (tertiary/aromatic N) is 2. The zero-order valence-corrected chi connectivity index (χ0v) is 9.97. The molecule has 1 rings (SSSR count). The Balaban J connectivity index is 3.37. The second-order valence-corrected chi connectivity index (χ2v) is 3.71. The van der Waals surface area contributed by atoms with Gasteiger partial charge >= 0.3 is 93.0 Å². The van der Waals surface area contributed by atoms with Crippen LogP contribution in [0.3, 0.4) is 0 Å². The van der Waals surface area contributed by atoms with Crippen LogP contribution < -0.4 is 5.73 Å². The molecule has 14 heavy (non-hydrogen) atoms. The molecule has 73 valence electrons. The van der Waals surface area contributed by atoms with E-state index in [1.54, 1.807) is 6.20 Å². The molecule has 0 radical (unpaired) electrons. The van der Waals surface area contributed by atoms with Crippen LogP contribution >= 0.6 is 0 Å². The first kappa shape index (κ1) is 11.2. The van der Waals surface area contributed by atoms with Crippen LogP contribution in [0, 0.1) is 6.92 Å². The van der Waals surface area contributed by atoms with Crippen LogP contribution in [-0.4, -0.2) is 4.98 Å². The normalized spacial score (nSPS) is 9.57. The van der Waals surface area contributed by atoms with E-state index in [0.29, 0.717) is 5.82 Å². The standard InChI is InChI=1S/C10H13N3.V/c1-6(2)9(11)8-4-7(3)5-13-10(8)12;/h4-5H,1-3H3,(H2,12,13);. The fraction of sp³-hybridized carbons (Fsp3) is 0.300. The zero-order valence-electron chi connectivity index (χ0n) is 8.57. The number of aryl methyl sites for hydroxylation is 1. The van der Waals surface area contributed by atoms with Gasteiger partial charge in [-0.25, -0.2) is 0 Å². The Labute approximate surface area is 93.2 Å². The van der Waals surface area contributed by atoms with Crippen LogP contribution in [0.4, 0.5) is 5.82 Å². The number of allylic oxidation sites excluding steroid dienone is 1. The van der Waals surface area contributed by atoms with Crippen LogP contribution in [0.2, 0.25) is 0 Å². The predicted octanol–water partition coefficient (Wildman–Crippen LogP) is 2.45. The summed E-state index contributed by atoms with van der Waals surface area (Å²) < 4.78 is 4.16. The first-order valence-corrected chi connectivity index (χ1v) is 4.93. The first-order chi connectivity index (χ1) is 6.56. The maximum absolute atomic E-state index is 5.79. The van der Waals surface area contributed by atoms with Crippen LogP contribution in [-0.2, 0) is 17.2 Å². The third kappa shape index (κ3) is 2.31. The second kappa shape index (κ2) is 4.53. The molecule has 1 aromatic rings. The fourth-order valence-corrected chi connectivity index (χ4v) is 1.67. The van der Waals surface area contributed by atoms with E-state index < -0.39 is 0 Å². The Bertz CT molecular complexity index is 392. The molecule has 2 N–H and O–H groups in total. The Kier molecular flexibility index (Phi) is 3.61. The molecule has 0 bridgehead atoms. The van der Waals surface area contributed by atoms with E-state index in [-0.39, 0.29) is 0 Å².